The van der Waals surface area contributed by atoms with Crippen LogP contribution in [-0.4, -0.2) is 39.1 Å². The van der Waals surface area contributed by atoms with Gasteiger partial charge in [-0.05, 0) is 30.5 Å². The molecule has 2 amide bonds. The summed E-state index contributed by atoms with van der Waals surface area (Å²) < 4.78 is 0. The Morgan fingerprint density at radius 3 is 2.45 bits per heavy atom. The number of carbonyl (C=O) groups is 3. The fourth-order valence-corrected chi connectivity index (χ4v) is 3.87. The Hall–Kier alpha value is -3.69. The van der Waals surface area contributed by atoms with E-state index in [1.165, 1.54) is 12.4 Å². The molecule has 2 aromatic rings. The average molecular weight is 426 g/mol. The predicted octanol–water partition coefficient (Wildman–Crippen LogP) is 1.78. The van der Waals surface area contributed by atoms with E-state index in [1.807, 2.05) is 0 Å². The van der Waals surface area contributed by atoms with Crippen molar-refractivity contribution < 1.29 is 19.5 Å². The second-order valence-electron chi connectivity index (χ2n) is 7.52. The number of rotatable bonds is 8. The first-order valence-electron chi connectivity index (χ1n) is 10.1. The summed E-state index contributed by atoms with van der Waals surface area (Å²) in [5.74, 6) is 2.85. The number of nitrogens with two attached hydrogens (primary N) is 1. The van der Waals surface area contributed by atoms with Crippen LogP contribution < -0.4 is 16.5 Å². The van der Waals surface area contributed by atoms with Crippen molar-refractivity contribution in [3.8, 4) is 0 Å². The fourth-order valence-electron chi connectivity index (χ4n) is 3.87. The molecule has 10 heteroatoms. The molecule has 0 radical (unpaired) electrons. The summed E-state index contributed by atoms with van der Waals surface area (Å²) in [6.07, 6.45) is 7.10. The zero-order chi connectivity index (χ0) is 22.2. The summed E-state index contributed by atoms with van der Waals surface area (Å²) in [6.45, 7) is 0. The van der Waals surface area contributed by atoms with Crippen LogP contribution in [0, 0.1) is 11.8 Å². The summed E-state index contributed by atoms with van der Waals surface area (Å²) in [6, 6.07) is 6.25. The van der Waals surface area contributed by atoms with Crippen molar-refractivity contribution in [3.05, 3.63) is 48.0 Å². The highest BCUT2D eigenvalue weighted by atomic mass is 16.4. The molecule has 0 spiro atoms. The van der Waals surface area contributed by atoms with Crippen LogP contribution in [0.2, 0.25) is 0 Å². The van der Waals surface area contributed by atoms with Crippen LogP contribution in [-0.2, 0) is 14.4 Å². The van der Waals surface area contributed by atoms with E-state index >= 15 is 0 Å². The Kier molecular flexibility index (Phi) is 7.36. The first-order chi connectivity index (χ1) is 15.0. The Morgan fingerprint density at radius 2 is 1.87 bits per heavy atom. The summed E-state index contributed by atoms with van der Waals surface area (Å²) in [7, 11) is 0. The van der Waals surface area contributed by atoms with Crippen LogP contribution >= 0.6 is 0 Å². The minimum atomic E-state index is -1.05. The molecule has 1 aliphatic carbocycles. The molecule has 1 heterocycles. The normalized spacial score (nSPS) is 19.6. The van der Waals surface area contributed by atoms with E-state index < -0.39 is 23.8 Å². The fraction of sp³-hybridized carbons (Fsp3) is 0.381. The molecule has 3 atom stereocenters. The third kappa shape index (κ3) is 5.91. The van der Waals surface area contributed by atoms with Gasteiger partial charge in [-0.3, -0.25) is 14.4 Å². The van der Waals surface area contributed by atoms with Gasteiger partial charge in [-0.15, -0.1) is 0 Å². The molecule has 1 aliphatic rings. The van der Waals surface area contributed by atoms with Gasteiger partial charge in [0.25, 0.3) is 0 Å². The third-order valence-electron chi connectivity index (χ3n) is 5.39. The van der Waals surface area contributed by atoms with Crippen LogP contribution in [0.4, 0.5) is 5.69 Å². The number of hydrazone groups is 1. The van der Waals surface area contributed by atoms with Gasteiger partial charge in [0.2, 0.25) is 11.8 Å². The number of nitrogens with one attached hydrogen (secondary N) is 3. The Morgan fingerprint density at radius 1 is 1.19 bits per heavy atom. The number of hydrogen-bond donors (Lipinski definition) is 5. The maximum Gasteiger partial charge on any atom is 0.305 e. The van der Waals surface area contributed by atoms with Crippen molar-refractivity contribution >= 4 is 29.7 Å². The number of hydrogen-bond acceptors (Lipinski definition) is 6. The number of imidazole rings is 1. The molecule has 0 saturated heterocycles. The van der Waals surface area contributed by atoms with Gasteiger partial charge in [0.05, 0.1) is 18.7 Å². The van der Waals surface area contributed by atoms with E-state index in [-0.39, 0.29) is 18.2 Å². The minimum Gasteiger partial charge on any atom is -0.481 e. The molecule has 164 valence electrons. The van der Waals surface area contributed by atoms with Crippen molar-refractivity contribution in [1.82, 2.24) is 15.3 Å². The van der Waals surface area contributed by atoms with E-state index in [1.54, 1.807) is 30.5 Å². The summed E-state index contributed by atoms with van der Waals surface area (Å²) in [4.78, 5) is 44.1. The molecular formula is C21H26N6O4. The topological polar surface area (TPSA) is 163 Å². The van der Waals surface area contributed by atoms with Crippen molar-refractivity contribution in [2.24, 2.45) is 22.8 Å². The van der Waals surface area contributed by atoms with Gasteiger partial charge in [-0.2, -0.15) is 5.10 Å². The molecule has 0 bridgehead atoms. The molecule has 3 rings (SSSR count). The van der Waals surface area contributed by atoms with Gasteiger partial charge in [0, 0.05) is 29.9 Å². The van der Waals surface area contributed by atoms with E-state index in [2.05, 4.69) is 25.7 Å². The van der Waals surface area contributed by atoms with Crippen molar-refractivity contribution in [2.75, 3.05) is 5.32 Å². The van der Waals surface area contributed by atoms with Gasteiger partial charge in [0.1, 0.15) is 5.82 Å². The zero-order valence-electron chi connectivity index (χ0n) is 17.0. The number of carboxylic acid groups (broad SMARTS) is 1. The first-order valence-corrected chi connectivity index (χ1v) is 10.1. The SMILES string of the molecule is NN=Cc1ccc(NC(=O)C2CCCCC2C(=O)NC(CC(=O)O)c2ncc[nH]2)cc1. The van der Waals surface area contributed by atoms with Crippen LogP contribution in [0.1, 0.15) is 49.5 Å². The average Bonchev–Trinajstić information content (AvgIpc) is 3.29. The lowest BCUT2D eigenvalue weighted by Gasteiger charge is -2.30. The van der Waals surface area contributed by atoms with Crippen molar-refractivity contribution in [3.63, 3.8) is 0 Å². The Bertz CT molecular complexity index is 926. The maximum atomic E-state index is 13.0. The number of amides is 2. The number of H-pyrrole nitrogens is 1. The molecule has 3 unspecified atom stereocenters. The molecule has 31 heavy (non-hydrogen) atoms. The summed E-state index contributed by atoms with van der Waals surface area (Å²) in [5.41, 5.74) is 1.42. The number of carbonyl (C=O) groups excluding carboxylic acids is 2. The molecule has 1 aromatic carbocycles. The number of anilines is 1. The summed E-state index contributed by atoms with van der Waals surface area (Å²) >= 11 is 0. The smallest absolute Gasteiger partial charge is 0.305 e. The zero-order valence-corrected chi connectivity index (χ0v) is 17.0. The molecule has 6 N–H and O–H groups in total. The number of aliphatic carboxylic acids is 1. The number of aromatic amines is 1. The van der Waals surface area contributed by atoms with Crippen LogP contribution in [0.25, 0.3) is 0 Å². The largest absolute Gasteiger partial charge is 0.481 e. The third-order valence-corrected chi connectivity index (χ3v) is 5.39. The van der Waals surface area contributed by atoms with Crippen LogP contribution in [0.3, 0.4) is 0 Å². The molecule has 10 nitrogen and oxygen atoms in total. The van der Waals surface area contributed by atoms with Gasteiger partial charge < -0.3 is 26.6 Å². The Balaban J connectivity index is 1.69. The van der Waals surface area contributed by atoms with Crippen molar-refractivity contribution in [1.29, 1.82) is 0 Å². The number of carboxylic acids is 1. The molecular weight excluding hydrogens is 400 g/mol. The number of benzene rings is 1. The van der Waals surface area contributed by atoms with Crippen molar-refractivity contribution in [2.45, 2.75) is 38.1 Å². The molecule has 1 saturated carbocycles. The highest BCUT2D eigenvalue weighted by Crippen LogP contribution is 2.32. The molecule has 0 aliphatic heterocycles. The maximum absolute atomic E-state index is 13.0. The highest BCUT2D eigenvalue weighted by Gasteiger charge is 2.37. The van der Waals surface area contributed by atoms with Crippen LogP contribution in [0.15, 0.2) is 41.8 Å². The number of aromatic nitrogens is 2. The quantitative estimate of drug-likeness (QED) is 0.245. The van der Waals surface area contributed by atoms with Gasteiger partial charge >= 0.3 is 5.97 Å². The lowest BCUT2D eigenvalue weighted by Crippen LogP contribution is -2.43. The van der Waals surface area contributed by atoms with Crippen LogP contribution in [0.5, 0.6) is 0 Å². The lowest BCUT2D eigenvalue weighted by molar-refractivity contribution is -0.139. The van der Waals surface area contributed by atoms with E-state index in [0.29, 0.717) is 24.4 Å². The second kappa shape index (κ2) is 10.4. The summed E-state index contributed by atoms with van der Waals surface area (Å²) in [5, 5.41) is 18.3. The van der Waals surface area contributed by atoms with E-state index in [0.717, 1.165) is 18.4 Å². The standard InChI is InChI=1S/C21H26N6O4/c22-25-12-13-5-7-14(8-6-13)26-20(30)15-3-1-2-4-16(15)21(31)27-17(11-18(28)29)19-23-9-10-24-19/h5-10,12,15-17H,1-4,11,22H2,(H,23,24)(H,26,30)(H,27,31)(H,28,29). The van der Waals surface area contributed by atoms with Gasteiger partial charge in [-0.25, -0.2) is 4.98 Å². The number of nitrogens with zero attached hydrogens (tertiary/aromatic N) is 2. The predicted molar refractivity (Wildman–Crippen MR) is 114 cm³/mol. The van der Waals surface area contributed by atoms with Gasteiger partial charge in [-0.1, -0.05) is 25.0 Å². The minimum absolute atomic E-state index is 0.229. The highest BCUT2D eigenvalue weighted by molar-refractivity contribution is 5.96. The second-order valence-corrected chi connectivity index (χ2v) is 7.52. The molecule has 1 aromatic heterocycles. The van der Waals surface area contributed by atoms with E-state index in [9.17, 15) is 19.5 Å². The van der Waals surface area contributed by atoms with Gasteiger partial charge in [0.15, 0.2) is 0 Å². The monoisotopic (exact) mass is 426 g/mol. The first kappa shape index (κ1) is 22.0. The lowest BCUT2D eigenvalue weighted by atomic mass is 9.78. The Labute approximate surface area is 179 Å². The molecule has 1 fully saturated rings. The van der Waals surface area contributed by atoms with E-state index in [4.69, 9.17) is 5.84 Å².